The van der Waals surface area contributed by atoms with E-state index in [0.717, 1.165) is 58.3 Å². The first kappa shape index (κ1) is 31.4. The second-order valence-electron chi connectivity index (χ2n) is 10.3. The van der Waals surface area contributed by atoms with Gasteiger partial charge in [0.05, 0.1) is 33.4 Å². The lowest BCUT2D eigenvalue weighted by Crippen LogP contribution is -2.32. The number of rotatable bonds is 6. The van der Waals surface area contributed by atoms with Crippen molar-refractivity contribution in [2.24, 2.45) is 5.92 Å². The van der Waals surface area contributed by atoms with Gasteiger partial charge in [-0.1, -0.05) is 53.4 Å². The summed E-state index contributed by atoms with van der Waals surface area (Å²) < 4.78 is 85.4. The number of nitrogens with zero attached hydrogens (tertiary/aromatic N) is 1. The van der Waals surface area contributed by atoms with Crippen LogP contribution in [0.3, 0.4) is 0 Å². The summed E-state index contributed by atoms with van der Waals surface area (Å²) in [5.74, 6) is -4.02. The number of halogens is 6. The van der Waals surface area contributed by atoms with Crippen LogP contribution >= 0.6 is 23.1 Å². The number of carbonyl (C=O) groups is 3. The molecule has 16 heteroatoms. The zero-order valence-electron chi connectivity index (χ0n) is 22.9. The number of hydrogen-bond acceptors (Lipinski definition) is 7. The maximum Gasteiger partial charge on any atom is 0.418 e. The minimum absolute atomic E-state index is 0.159. The van der Waals surface area contributed by atoms with Gasteiger partial charge in [-0.2, -0.15) is 26.3 Å². The average molecular weight is 680 g/mol. The number of fused-ring (bicyclic) bond motifs is 2. The fourth-order valence-electron chi connectivity index (χ4n) is 5.40. The molecule has 8 nitrogen and oxygen atoms in total. The smallest absolute Gasteiger partial charge is 0.418 e. The van der Waals surface area contributed by atoms with Crippen LogP contribution in [0.2, 0.25) is 0 Å². The van der Waals surface area contributed by atoms with Crippen molar-refractivity contribution in [2.45, 2.75) is 28.5 Å². The van der Waals surface area contributed by atoms with Gasteiger partial charge < -0.3 is 15.0 Å². The molecule has 2 aliphatic heterocycles. The molecule has 1 fully saturated rings. The van der Waals surface area contributed by atoms with Gasteiger partial charge >= 0.3 is 17.2 Å². The molecule has 0 spiro atoms. The van der Waals surface area contributed by atoms with Gasteiger partial charge in [0.25, 0.3) is 5.91 Å². The van der Waals surface area contributed by atoms with Crippen molar-refractivity contribution in [3.05, 3.63) is 104 Å². The normalized spacial score (nSPS) is 19.5. The Labute approximate surface area is 263 Å². The van der Waals surface area contributed by atoms with Gasteiger partial charge in [0.2, 0.25) is 11.8 Å². The van der Waals surface area contributed by atoms with Crippen molar-refractivity contribution in [1.29, 1.82) is 0 Å². The topological polar surface area (TPSA) is 109 Å². The second kappa shape index (κ2) is 11.7. The van der Waals surface area contributed by atoms with Crippen LogP contribution in [0, 0.1) is 5.92 Å². The van der Waals surface area contributed by atoms with Crippen LogP contribution in [-0.4, -0.2) is 34.6 Å². The van der Waals surface area contributed by atoms with E-state index in [4.69, 9.17) is 4.74 Å². The molecular weight excluding hydrogens is 660 g/mol. The maximum atomic E-state index is 13.8. The zero-order chi connectivity index (χ0) is 33.0. The summed E-state index contributed by atoms with van der Waals surface area (Å²) in [5.41, 5.74) is -2.22. The lowest BCUT2D eigenvalue weighted by atomic mass is 9.83. The molecule has 3 heterocycles. The Bertz CT molecular complexity index is 1900. The number of nitrogens with one attached hydrogen (secondary N) is 2. The van der Waals surface area contributed by atoms with E-state index in [1.165, 1.54) is 30.3 Å². The standard InChI is InChI=1S/C30H19F6N3O5S2/c31-29(32,33)15-4-3-5-16(12-15)39-26(41)22-21(23-25(38-28(43)46-23)45-24(22)27(39)42)14-8-10-17(11-9-14)44-13-20(40)37-19-7-2-1-6-18(19)30(34,35)36/h1-12,21-22,24H,13H2,(H,37,40)(H,38,43)/t21-,22?,24?/m1/s1. The molecule has 4 aromatic rings. The van der Waals surface area contributed by atoms with Crippen molar-refractivity contribution in [2.75, 3.05) is 16.8 Å². The van der Waals surface area contributed by atoms with E-state index < -0.39 is 75.5 Å². The van der Waals surface area contributed by atoms with Crippen molar-refractivity contribution in [3.8, 4) is 5.75 Å². The number of amides is 3. The van der Waals surface area contributed by atoms with E-state index in [2.05, 4.69) is 10.3 Å². The number of aromatic amines is 1. The number of carbonyl (C=O) groups excluding carboxylic acids is 3. The Morgan fingerprint density at radius 3 is 2.30 bits per heavy atom. The van der Waals surface area contributed by atoms with E-state index in [1.807, 2.05) is 0 Å². The lowest BCUT2D eigenvalue weighted by molar-refractivity contribution is -0.138. The Morgan fingerprint density at radius 2 is 1.61 bits per heavy atom. The van der Waals surface area contributed by atoms with Gasteiger partial charge in [0.15, 0.2) is 6.61 Å². The van der Waals surface area contributed by atoms with E-state index in [0.29, 0.717) is 15.5 Å². The molecule has 1 aromatic heterocycles. The minimum atomic E-state index is -4.70. The molecule has 3 atom stereocenters. The van der Waals surface area contributed by atoms with Crippen LogP contribution in [0.5, 0.6) is 5.75 Å². The van der Waals surface area contributed by atoms with Gasteiger partial charge in [-0.25, -0.2) is 4.90 Å². The van der Waals surface area contributed by atoms with Gasteiger partial charge in [-0.15, -0.1) is 0 Å². The van der Waals surface area contributed by atoms with E-state index in [1.54, 1.807) is 12.1 Å². The number of alkyl halides is 6. The average Bonchev–Trinajstić information content (AvgIpc) is 3.49. The first-order chi connectivity index (χ1) is 21.7. The molecule has 3 aromatic carbocycles. The Kier molecular flexibility index (Phi) is 7.96. The highest BCUT2D eigenvalue weighted by Crippen LogP contribution is 2.53. The number of thioether (sulfide) groups is 1. The van der Waals surface area contributed by atoms with Gasteiger partial charge in [0, 0.05) is 10.8 Å². The molecule has 0 aliphatic carbocycles. The van der Waals surface area contributed by atoms with Crippen molar-refractivity contribution in [1.82, 2.24) is 4.98 Å². The summed E-state index contributed by atoms with van der Waals surface area (Å²) in [7, 11) is 0. The fraction of sp³-hybridized carbons (Fsp3) is 0.200. The second-order valence-corrected chi connectivity index (χ2v) is 12.4. The van der Waals surface area contributed by atoms with Crippen LogP contribution in [-0.2, 0) is 26.7 Å². The Hall–Kier alpha value is -4.57. The summed E-state index contributed by atoms with van der Waals surface area (Å²) in [6.45, 7) is -0.626. The first-order valence-electron chi connectivity index (χ1n) is 13.4. The number of H-pyrrole nitrogens is 1. The third-order valence-corrected chi connectivity index (χ3v) is 9.77. The summed E-state index contributed by atoms with van der Waals surface area (Å²) >= 11 is 1.81. The summed E-state index contributed by atoms with van der Waals surface area (Å²) in [6, 6.07) is 14.4. The van der Waals surface area contributed by atoms with Crippen molar-refractivity contribution in [3.63, 3.8) is 0 Å². The maximum absolute atomic E-state index is 13.8. The molecule has 1 saturated heterocycles. The van der Waals surface area contributed by atoms with Gasteiger partial charge in [-0.3, -0.25) is 19.2 Å². The molecule has 2 aliphatic rings. The number of ether oxygens (including phenoxy) is 1. The predicted octanol–water partition coefficient (Wildman–Crippen LogP) is 6.29. The SMILES string of the molecule is O=C(COc1ccc([C@H]2c3sc(=O)[nH]c3SC3C(=O)N(c4cccc(C(F)(F)F)c4)C(=O)C32)cc1)Nc1ccccc1C(F)(F)F. The monoisotopic (exact) mass is 679 g/mol. The number of para-hydroxylation sites is 1. The van der Waals surface area contributed by atoms with E-state index in [9.17, 15) is 45.5 Å². The highest BCUT2D eigenvalue weighted by atomic mass is 32.2. The fourth-order valence-corrected chi connectivity index (χ4v) is 7.91. The minimum Gasteiger partial charge on any atom is -0.484 e. The number of anilines is 2. The number of benzene rings is 3. The van der Waals surface area contributed by atoms with Gasteiger partial charge in [-0.05, 0) is 48.0 Å². The van der Waals surface area contributed by atoms with Crippen LogP contribution in [0.4, 0.5) is 37.7 Å². The third-order valence-electron chi connectivity index (χ3n) is 7.37. The molecule has 2 N–H and O–H groups in total. The first-order valence-corrected chi connectivity index (χ1v) is 15.1. The highest BCUT2D eigenvalue weighted by molar-refractivity contribution is 8.00. The quantitative estimate of drug-likeness (QED) is 0.183. The van der Waals surface area contributed by atoms with E-state index in [-0.39, 0.29) is 11.4 Å². The van der Waals surface area contributed by atoms with Crippen molar-refractivity contribution >= 4 is 52.2 Å². The van der Waals surface area contributed by atoms with Crippen LogP contribution < -0.4 is 19.8 Å². The molecule has 3 amide bonds. The summed E-state index contributed by atoms with van der Waals surface area (Å²) in [4.78, 5) is 55.4. The largest absolute Gasteiger partial charge is 0.484 e. The molecule has 0 radical (unpaired) electrons. The number of aromatic nitrogens is 1. The summed E-state index contributed by atoms with van der Waals surface area (Å²) in [5, 5.41) is 1.50. The molecule has 238 valence electrons. The van der Waals surface area contributed by atoms with Crippen LogP contribution in [0.25, 0.3) is 0 Å². The van der Waals surface area contributed by atoms with Gasteiger partial charge in [0.1, 0.15) is 11.0 Å². The Morgan fingerprint density at radius 1 is 0.891 bits per heavy atom. The molecule has 46 heavy (non-hydrogen) atoms. The lowest BCUT2D eigenvalue weighted by Gasteiger charge is -2.29. The summed E-state index contributed by atoms with van der Waals surface area (Å²) in [6.07, 6.45) is -9.38. The number of hydrogen-bond donors (Lipinski definition) is 2. The zero-order valence-corrected chi connectivity index (χ0v) is 24.6. The molecule has 2 unspecified atom stereocenters. The van der Waals surface area contributed by atoms with Crippen LogP contribution in [0.1, 0.15) is 27.5 Å². The Balaban J connectivity index is 1.24. The molecule has 6 rings (SSSR count). The van der Waals surface area contributed by atoms with E-state index >= 15 is 0 Å². The molecular formula is C30H19F6N3O5S2. The highest BCUT2D eigenvalue weighted by Gasteiger charge is 2.56. The number of thiazole rings is 1. The molecule has 0 saturated carbocycles. The van der Waals surface area contributed by atoms with Crippen LogP contribution in [0.15, 0.2) is 82.6 Å². The number of imide groups is 1. The van der Waals surface area contributed by atoms with Crippen molar-refractivity contribution < 1.29 is 45.5 Å². The predicted molar refractivity (Wildman–Crippen MR) is 156 cm³/mol. The third kappa shape index (κ3) is 5.89. The molecule has 0 bridgehead atoms.